The molecule has 4 heteroatoms. The van der Waals surface area contributed by atoms with E-state index in [2.05, 4.69) is 6.58 Å². The molecule has 0 saturated carbocycles. The van der Waals surface area contributed by atoms with Gasteiger partial charge < -0.3 is 5.73 Å². The number of nitrogens with zero attached hydrogens (tertiary/aromatic N) is 1. The average molecular weight is 192 g/mol. The third kappa shape index (κ3) is 1.97. The van der Waals surface area contributed by atoms with Gasteiger partial charge in [0.2, 0.25) is 0 Å². The molecule has 0 aliphatic carbocycles. The molecule has 0 unspecified atom stereocenters. The van der Waals surface area contributed by atoms with Crippen LogP contribution >= 0.6 is 0 Å². The number of nitrogens with two attached hydrogens (primary N) is 1. The second kappa shape index (κ2) is 4.02. The van der Waals surface area contributed by atoms with Gasteiger partial charge >= 0.3 is 0 Å². The van der Waals surface area contributed by atoms with Crippen molar-refractivity contribution < 1.29 is 4.92 Å². The highest BCUT2D eigenvalue weighted by Gasteiger charge is 2.12. The minimum absolute atomic E-state index is 0.0970. The molecule has 74 valence electrons. The summed E-state index contributed by atoms with van der Waals surface area (Å²) in [5.41, 5.74) is 7.11. The van der Waals surface area contributed by atoms with Gasteiger partial charge in [0.15, 0.2) is 0 Å². The van der Waals surface area contributed by atoms with Crippen LogP contribution in [0.1, 0.15) is 17.2 Å². The summed E-state index contributed by atoms with van der Waals surface area (Å²) in [6.07, 6.45) is 1.55. The predicted octanol–water partition coefficient (Wildman–Crippen LogP) is 2.09. The Kier molecular flexibility index (Phi) is 2.99. The Morgan fingerprint density at radius 2 is 2.29 bits per heavy atom. The summed E-state index contributed by atoms with van der Waals surface area (Å²) in [5, 5.41) is 10.6. The lowest BCUT2D eigenvalue weighted by atomic mass is 10.0. The van der Waals surface area contributed by atoms with Crippen molar-refractivity contribution in [2.75, 3.05) is 0 Å². The van der Waals surface area contributed by atoms with Crippen molar-refractivity contribution >= 4 is 5.69 Å². The molecule has 14 heavy (non-hydrogen) atoms. The molecular weight excluding hydrogens is 180 g/mol. The Morgan fingerprint density at radius 3 is 2.79 bits per heavy atom. The maximum absolute atomic E-state index is 10.6. The molecule has 0 radical (unpaired) electrons. The second-order valence-electron chi connectivity index (χ2n) is 3.06. The fourth-order valence-corrected chi connectivity index (χ4v) is 1.17. The van der Waals surface area contributed by atoms with E-state index in [1.165, 1.54) is 6.07 Å². The van der Waals surface area contributed by atoms with Crippen molar-refractivity contribution in [1.82, 2.24) is 0 Å². The maximum Gasteiger partial charge on any atom is 0.272 e. The van der Waals surface area contributed by atoms with Crippen LogP contribution in [0.5, 0.6) is 0 Å². The van der Waals surface area contributed by atoms with Gasteiger partial charge in [0.25, 0.3) is 5.69 Å². The van der Waals surface area contributed by atoms with Gasteiger partial charge in [0.1, 0.15) is 0 Å². The van der Waals surface area contributed by atoms with Gasteiger partial charge in [-0.05, 0) is 12.5 Å². The summed E-state index contributed by atoms with van der Waals surface area (Å²) in [7, 11) is 0. The van der Waals surface area contributed by atoms with E-state index in [-0.39, 0.29) is 11.7 Å². The largest absolute Gasteiger partial charge is 0.321 e. The van der Waals surface area contributed by atoms with Crippen molar-refractivity contribution in [2.24, 2.45) is 5.73 Å². The fraction of sp³-hybridized carbons (Fsp3) is 0.200. The van der Waals surface area contributed by atoms with E-state index in [1.54, 1.807) is 25.1 Å². The van der Waals surface area contributed by atoms with Gasteiger partial charge in [-0.2, -0.15) is 0 Å². The normalized spacial score (nSPS) is 12.1. The van der Waals surface area contributed by atoms with E-state index in [0.717, 1.165) is 0 Å². The lowest BCUT2D eigenvalue weighted by molar-refractivity contribution is -0.385. The van der Waals surface area contributed by atoms with E-state index in [0.29, 0.717) is 11.1 Å². The number of benzene rings is 1. The van der Waals surface area contributed by atoms with Crippen LogP contribution < -0.4 is 5.73 Å². The molecular formula is C10H12N2O2. The molecule has 0 heterocycles. The van der Waals surface area contributed by atoms with Gasteiger partial charge in [-0.15, -0.1) is 6.58 Å². The molecule has 1 rings (SSSR count). The van der Waals surface area contributed by atoms with Crippen LogP contribution in [0.2, 0.25) is 0 Å². The van der Waals surface area contributed by atoms with Gasteiger partial charge in [0.05, 0.1) is 4.92 Å². The van der Waals surface area contributed by atoms with Crippen LogP contribution in [0.15, 0.2) is 30.9 Å². The molecule has 0 bridgehead atoms. The molecule has 0 aromatic heterocycles. The lowest BCUT2D eigenvalue weighted by Gasteiger charge is -2.06. The number of nitro groups is 1. The highest BCUT2D eigenvalue weighted by molar-refractivity contribution is 5.43. The Morgan fingerprint density at radius 1 is 1.64 bits per heavy atom. The quantitative estimate of drug-likeness (QED) is 0.453. The molecule has 0 aliphatic heterocycles. The van der Waals surface area contributed by atoms with Gasteiger partial charge in [-0.3, -0.25) is 10.1 Å². The molecule has 0 spiro atoms. The highest BCUT2D eigenvalue weighted by atomic mass is 16.6. The average Bonchev–Trinajstić information content (AvgIpc) is 2.17. The summed E-state index contributed by atoms with van der Waals surface area (Å²) in [6.45, 7) is 5.23. The summed E-state index contributed by atoms with van der Waals surface area (Å²) in [5.74, 6) is 0. The van der Waals surface area contributed by atoms with E-state index < -0.39 is 4.92 Å². The van der Waals surface area contributed by atoms with Crippen LogP contribution in [0, 0.1) is 17.0 Å². The van der Waals surface area contributed by atoms with Crippen LogP contribution in [0.25, 0.3) is 0 Å². The first-order valence-electron chi connectivity index (χ1n) is 4.19. The minimum Gasteiger partial charge on any atom is -0.321 e. The molecule has 0 saturated heterocycles. The van der Waals surface area contributed by atoms with E-state index in [1.807, 2.05) is 0 Å². The molecule has 1 aromatic rings. The highest BCUT2D eigenvalue weighted by Crippen LogP contribution is 2.22. The summed E-state index contributed by atoms with van der Waals surface area (Å²) in [4.78, 5) is 10.2. The second-order valence-corrected chi connectivity index (χ2v) is 3.06. The fourth-order valence-electron chi connectivity index (χ4n) is 1.17. The van der Waals surface area contributed by atoms with E-state index >= 15 is 0 Å². The summed E-state index contributed by atoms with van der Waals surface area (Å²) >= 11 is 0. The van der Waals surface area contributed by atoms with Crippen molar-refractivity contribution in [3.8, 4) is 0 Å². The van der Waals surface area contributed by atoms with Crippen molar-refractivity contribution in [3.05, 3.63) is 52.1 Å². The Balaban J connectivity index is 3.19. The summed E-state index contributed by atoms with van der Waals surface area (Å²) in [6, 6.07) is 4.60. The van der Waals surface area contributed by atoms with Gasteiger partial charge in [-0.25, -0.2) is 0 Å². The van der Waals surface area contributed by atoms with Crippen LogP contribution in [0.4, 0.5) is 5.69 Å². The van der Waals surface area contributed by atoms with Crippen LogP contribution in [-0.2, 0) is 0 Å². The topological polar surface area (TPSA) is 69.2 Å². The monoisotopic (exact) mass is 192 g/mol. The number of aryl methyl sites for hydroxylation is 1. The molecule has 1 atom stereocenters. The first kappa shape index (κ1) is 10.4. The molecule has 1 aromatic carbocycles. The minimum atomic E-state index is -0.408. The zero-order valence-corrected chi connectivity index (χ0v) is 7.93. The SMILES string of the molecule is C=C[C@H](N)c1ccc(C)c([N+](=O)[O-])c1. The smallest absolute Gasteiger partial charge is 0.272 e. The van der Waals surface area contributed by atoms with Gasteiger partial charge in [-0.1, -0.05) is 18.2 Å². The number of nitro benzene ring substituents is 1. The molecule has 4 nitrogen and oxygen atoms in total. The van der Waals surface area contributed by atoms with Gasteiger partial charge in [0, 0.05) is 17.7 Å². The van der Waals surface area contributed by atoms with Crippen molar-refractivity contribution in [1.29, 1.82) is 0 Å². The first-order valence-corrected chi connectivity index (χ1v) is 4.19. The van der Waals surface area contributed by atoms with E-state index in [4.69, 9.17) is 5.73 Å². The zero-order chi connectivity index (χ0) is 10.7. The Labute approximate surface area is 82.2 Å². The molecule has 0 fully saturated rings. The first-order chi connectivity index (χ1) is 6.56. The zero-order valence-electron chi connectivity index (χ0n) is 7.93. The number of hydrogen-bond donors (Lipinski definition) is 1. The van der Waals surface area contributed by atoms with E-state index in [9.17, 15) is 10.1 Å². The lowest BCUT2D eigenvalue weighted by Crippen LogP contribution is -2.07. The van der Waals surface area contributed by atoms with Crippen LogP contribution in [-0.4, -0.2) is 4.92 Å². The standard InChI is InChI=1S/C10H12N2O2/c1-3-9(11)8-5-4-7(2)10(6-8)12(13)14/h3-6,9H,1,11H2,2H3/t9-/m0/s1. The Hall–Kier alpha value is -1.68. The van der Waals surface area contributed by atoms with Crippen LogP contribution in [0.3, 0.4) is 0 Å². The maximum atomic E-state index is 10.6. The van der Waals surface area contributed by atoms with Crippen molar-refractivity contribution in [2.45, 2.75) is 13.0 Å². The third-order valence-electron chi connectivity index (χ3n) is 2.07. The predicted molar refractivity (Wildman–Crippen MR) is 55.0 cm³/mol. The number of hydrogen-bond acceptors (Lipinski definition) is 3. The molecule has 0 aliphatic rings. The third-order valence-corrected chi connectivity index (χ3v) is 2.07. The Bertz CT molecular complexity index is 374. The number of rotatable bonds is 3. The summed E-state index contributed by atoms with van der Waals surface area (Å²) < 4.78 is 0. The molecule has 0 amide bonds. The van der Waals surface area contributed by atoms with Crippen molar-refractivity contribution in [3.63, 3.8) is 0 Å². The molecule has 2 N–H and O–H groups in total.